The summed E-state index contributed by atoms with van der Waals surface area (Å²) in [6, 6.07) is 2.07. The minimum absolute atomic E-state index is 0.156. The number of nitrogens with zero attached hydrogens (tertiary/aromatic N) is 3. The molecule has 1 atom stereocenters. The number of nitrogens with two attached hydrogens (primary N) is 1. The summed E-state index contributed by atoms with van der Waals surface area (Å²) in [4.78, 5) is 4.31. The van der Waals surface area contributed by atoms with Gasteiger partial charge in [0.05, 0.1) is 6.20 Å². The van der Waals surface area contributed by atoms with Crippen LogP contribution in [0.4, 0.5) is 5.82 Å². The van der Waals surface area contributed by atoms with Crippen molar-refractivity contribution in [2.45, 2.75) is 12.5 Å². The van der Waals surface area contributed by atoms with Gasteiger partial charge in [-0.1, -0.05) is 0 Å². The molecular weight excluding hydrogens is 218 g/mol. The number of methoxy groups -OCH3 is 1. The van der Waals surface area contributed by atoms with E-state index >= 15 is 0 Å². The van der Waals surface area contributed by atoms with E-state index in [1.165, 1.54) is 0 Å². The van der Waals surface area contributed by atoms with Crippen LogP contribution >= 0.6 is 0 Å². The number of aromatic nitrogens is 3. The third-order valence-corrected chi connectivity index (χ3v) is 2.62. The maximum Gasteiger partial charge on any atom is 0.152 e. The average Bonchev–Trinajstić information content (AvgIpc) is 2.83. The molecule has 0 aliphatic heterocycles. The first kappa shape index (κ1) is 11.8. The van der Waals surface area contributed by atoms with Crippen LogP contribution in [0.5, 0.6) is 0 Å². The molecule has 0 amide bonds. The van der Waals surface area contributed by atoms with Gasteiger partial charge in [-0.05, 0) is 12.5 Å². The van der Waals surface area contributed by atoms with Crippen molar-refractivity contribution in [3.8, 4) is 0 Å². The summed E-state index contributed by atoms with van der Waals surface area (Å²) < 4.78 is 6.83. The van der Waals surface area contributed by atoms with Gasteiger partial charge < -0.3 is 15.8 Å². The fourth-order valence-corrected chi connectivity index (χ4v) is 1.67. The number of ether oxygens (including phenoxy) is 1. The molecule has 2 heterocycles. The van der Waals surface area contributed by atoms with Crippen molar-refractivity contribution >= 4 is 11.3 Å². The maximum atomic E-state index is 5.71. The molecule has 0 spiro atoms. The lowest BCUT2D eigenvalue weighted by molar-refractivity contribution is 0.190. The number of hydrogen-bond acceptors (Lipinski definition) is 5. The molecule has 0 aromatic carbocycles. The van der Waals surface area contributed by atoms with Crippen molar-refractivity contribution < 1.29 is 4.74 Å². The normalized spacial score (nSPS) is 12.8. The largest absolute Gasteiger partial charge is 0.385 e. The van der Waals surface area contributed by atoms with Crippen LogP contribution in [0.2, 0.25) is 0 Å². The Hall–Kier alpha value is -1.66. The van der Waals surface area contributed by atoms with E-state index in [4.69, 9.17) is 10.5 Å². The summed E-state index contributed by atoms with van der Waals surface area (Å²) in [6.45, 7) is 1.22. The van der Waals surface area contributed by atoms with Crippen LogP contribution in [-0.4, -0.2) is 40.9 Å². The summed E-state index contributed by atoms with van der Waals surface area (Å²) in [6.07, 6.45) is 6.12. The molecule has 0 radical (unpaired) electrons. The van der Waals surface area contributed by atoms with Crippen molar-refractivity contribution in [3.05, 3.63) is 24.7 Å². The van der Waals surface area contributed by atoms with Gasteiger partial charge in [-0.2, -0.15) is 5.10 Å². The Morgan fingerprint density at radius 3 is 3.18 bits per heavy atom. The van der Waals surface area contributed by atoms with Gasteiger partial charge in [0, 0.05) is 38.7 Å². The zero-order chi connectivity index (χ0) is 12.1. The number of rotatable bonds is 6. The first-order valence-corrected chi connectivity index (χ1v) is 5.59. The maximum absolute atomic E-state index is 5.71. The third-order valence-electron chi connectivity index (χ3n) is 2.62. The Kier molecular flexibility index (Phi) is 3.89. The van der Waals surface area contributed by atoms with Crippen LogP contribution in [0.1, 0.15) is 6.42 Å². The Morgan fingerprint density at radius 2 is 2.41 bits per heavy atom. The van der Waals surface area contributed by atoms with E-state index in [2.05, 4.69) is 15.4 Å². The molecule has 6 nitrogen and oxygen atoms in total. The lowest BCUT2D eigenvalue weighted by atomic mass is 10.2. The number of anilines is 1. The van der Waals surface area contributed by atoms with Crippen LogP contribution in [-0.2, 0) is 4.74 Å². The summed E-state index contributed by atoms with van der Waals surface area (Å²) in [5, 5.41) is 7.47. The molecule has 92 valence electrons. The molecule has 0 bridgehead atoms. The van der Waals surface area contributed by atoms with Crippen LogP contribution < -0.4 is 11.1 Å². The van der Waals surface area contributed by atoms with Crippen LogP contribution in [0.3, 0.4) is 0 Å². The molecule has 0 aliphatic carbocycles. The van der Waals surface area contributed by atoms with Crippen molar-refractivity contribution in [3.63, 3.8) is 0 Å². The zero-order valence-electron chi connectivity index (χ0n) is 9.84. The first-order chi connectivity index (χ1) is 8.35. The molecule has 2 aromatic rings. The molecular formula is C11H17N5O. The lowest BCUT2D eigenvalue weighted by Gasteiger charge is -2.17. The van der Waals surface area contributed by atoms with Crippen LogP contribution in [0.25, 0.3) is 5.52 Å². The van der Waals surface area contributed by atoms with E-state index in [-0.39, 0.29) is 6.04 Å². The van der Waals surface area contributed by atoms with Gasteiger partial charge >= 0.3 is 0 Å². The summed E-state index contributed by atoms with van der Waals surface area (Å²) in [7, 11) is 1.68. The summed E-state index contributed by atoms with van der Waals surface area (Å²) in [5.74, 6) is 0.802. The summed E-state index contributed by atoms with van der Waals surface area (Å²) in [5.41, 5.74) is 6.66. The highest BCUT2D eigenvalue weighted by Crippen LogP contribution is 2.14. The number of nitrogens with one attached hydrogen (secondary N) is 1. The molecule has 0 saturated carbocycles. The van der Waals surface area contributed by atoms with E-state index in [1.54, 1.807) is 24.0 Å². The van der Waals surface area contributed by atoms with Gasteiger partial charge in [0.25, 0.3) is 0 Å². The Bertz CT molecular complexity index is 470. The van der Waals surface area contributed by atoms with Gasteiger partial charge in [-0.25, -0.2) is 9.50 Å². The second kappa shape index (κ2) is 5.60. The predicted molar refractivity (Wildman–Crippen MR) is 65.9 cm³/mol. The fraction of sp³-hybridized carbons (Fsp3) is 0.455. The van der Waals surface area contributed by atoms with E-state index in [0.29, 0.717) is 13.2 Å². The van der Waals surface area contributed by atoms with Crippen LogP contribution in [0, 0.1) is 0 Å². The molecule has 1 unspecified atom stereocenters. The quantitative estimate of drug-likeness (QED) is 0.762. The van der Waals surface area contributed by atoms with Gasteiger partial charge in [-0.3, -0.25) is 0 Å². The standard InChI is InChI=1S/C11H17N5O/c1-17-7-3-9(8-12)15-11-10-2-4-14-16(10)6-5-13-11/h2,4-6,9H,3,7-8,12H2,1H3,(H,13,15). The van der Waals surface area contributed by atoms with Crippen LogP contribution in [0.15, 0.2) is 24.7 Å². The molecule has 2 aromatic heterocycles. The highest BCUT2D eigenvalue weighted by molar-refractivity contribution is 5.67. The predicted octanol–water partition coefficient (Wildman–Crippen LogP) is 0.505. The van der Waals surface area contributed by atoms with Crippen molar-refractivity contribution in [1.29, 1.82) is 0 Å². The minimum atomic E-state index is 0.156. The van der Waals surface area contributed by atoms with Gasteiger partial charge in [0.1, 0.15) is 5.52 Å². The molecule has 3 N–H and O–H groups in total. The second-order valence-electron chi connectivity index (χ2n) is 3.80. The van der Waals surface area contributed by atoms with Crippen molar-refractivity contribution in [2.24, 2.45) is 5.73 Å². The molecule has 17 heavy (non-hydrogen) atoms. The minimum Gasteiger partial charge on any atom is -0.385 e. The van der Waals surface area contributed by atoms with Crippen molar-refractivity contribution in [2.75, 3.05) is 25.6 Å². The fourth-order valence-electron chi connectivity index (χ4n) is 1.67. The summed E-state index contributed by atoms with van der Waals surface area (Å²) >= 11 is 0. The molecule has 2 rings (SSSR count). The zero-order valence-corrected chi connectivity index (χ0v) is 9.84. The molecule has 0 saturated heterocycles. The monoisotopic (exact) mass is 235 g/mol. The van der Waals surface area contributed by atoms with E-state index < -0.39 is 0 Å². The molecule has 6 heteroatoms. The Labute approximate surface area is 99.8 Å². The second-order valence-corrected chi connectivity index (χ2v) is 3.80. The topological polar surface area (TPSA) is 77.5 Å². The van der Waals surface area contributed by atoms with E-state index in [9.17, 15) is 0 Å². The highest BCUT2D eigenvalue weighted by Gasteiger charge is 2.09. The lowest BCUT2D eigenvalue weighted by Crippen LogP contribution is -2.30. The van der Waals surface area contributed by atoms with Gasteiger partial charge in [0.2, 0.25) is 0 Å². The third kappa shape index (κ3) is 2.72. The van der Waals surface area contributed by atoms with E-state index in [1.807, 2.05) is 12.3 Å². The van der Waals surface area contributed by atoms with E-state index in [0.717, 1.165) is 17.8 Å². The van der Waals surface area contributed by atoms with Gasteiger partial charge in [0.15, 0.2) is 5.82 Å². The highest BCUT2D eigenvalue weighted by atomic mass is 16.5. The average molecular weight is 235 g/mol. The number of hydrogen-bond donors (Lipinski definition) is 2. The SMILES string of the molecule is COCCC(CN)Nc1nccn2nccc12. The Balaban J connectivity index is 2.13. The molecule has 0 aliphatic rings. The first-order valence-electron chi connectivity index (χ1n) is 5.59. The number of fused-ring (bicyclic) bond motifs is 1. The van der Waals surface area contributed by atoms with Gasteiger partial charge in [-0.15, -0.1) is 0 Å². The molecule has 0 fully saturated rings. The Morgan fingerprint density at radius 1 is 1.53 bits per heavy atom. The smallest absolute Gasteiger partial charge is 0.152 e. The van der Waals surface area contributed by atoms with Crippen molar-refractivity contribution in [1.82, 2.24) is 14.6 Å².